The van der Waals surface area contributed by atoms with Crippen molar-refractivity contribution >= 4 is 29.1 Å². The summed E-state index contributed by atoms with van der Waals surface area (Å²) in [6.07, 6.45) is 3.46. The van der Waals surface area contributed by atoms with Crippen molar-refractivity contribution in [3.63, 3.8) is 0 Å². The van der Waals surface area contributed by atoms with Crippen molar-refractivity contribution in [3.8, 4) is 5.75 Å². The number of likely N-dealkylation sites (tertiary alicyclic amines) is 2. The maximum Gasteiger partial charge on any atom is 0.255 e. The van der Waals surface area contributed by atoms with Gasteiger partial charge in [-0.2, -0.15) is 0 Å². The number of aliphatic hydroxyl groups excluding tert-OH is 1. The molecule has 9 heteroatoms. The normalized spacial score (nSPS) is 22.2. The Balaban J connectivity index is 1.47. The van der Waals surface area contributed by atoms with E-state index in [1.54, 1.807) is 0 Å². The van der Waals surface area contributed by atoms with E-state index in [2.05, 4.69) is 10.2 Å². The van der Waals surface area contributed by atoms with Gasteiger partial charge in [-0.05, 0) is 38.3 Å². The maximum atomic E-state index is 12.7. The fourth-order valence-electron chi connectivity index (χ4n) is 4.11. The number of nitrogens with zero attached hydrogens (tertiary/aromatic N) is 2. The van der Waals surface area contributed by atoms with Crippen LogP contribution in [0.5, 0.6) is 5.75 Å². The van der Waals surface area contributed by atoms with Crippen molar-refractivity contribution in [2.75, 3.05) is 45.6 Å². The minimum Gasteiger partial charge on any atom is -0.496 e. The molecule has 0 aromatic heterocycles. The Bertz CT molecular complexity index is 770. The van der Waals surface area contributed by atoms with Crippen molar-refractivity contribution in [1.29, 1.82) is 0 Å². The summed E-state index contributed by atoms with van der Waals surface area (Å²) in [5.74, 6) is 0.206. The lowest BCUT2D eigenvalue weighted by Gasteiger charge is -2.36. The van der Waals surface area contributed by atoms with E-state index in [0.29, 0.717) is 30.8 Å². The van der Waals surface area contributed by atoms with Gasteiger partial charge in [0, 0.05) is 38.7 Å². The lowest BCUT2D eigenvalue weighted by Crippen LogP contribution is -2.54. The zero-order chi connectivity index (χ0) is 21.7. The number of β-amino-alcohol motifs (C(OH)–C–C–N with tert-alkyl or cyclic N) is 1. The summed E-state index contributed by atoms with van der Waals surface area (Å²) in [4.78, 5) is 28.9. The van der Waals surface area contributed by atoms with Crippen LogP contribution in [0.3, 0.4) is 0 Å². The van der Waals surface area contributed by atoms with Crippen LogP contribution < -0.4 is 15.8 Å². The van der Waals surface area contributed by atoms with E-state index in [1.807, 2.05) is 4.90 Å². The minimum atomic E-state index is -0.688. The molecule has 2 fully saturated rings. The number of nitrogens with two attached hydrogens (primary N) is 1. The molecule has 166 valence electrons. The van der Waals surface area contributed by atoms with Crippen LogP contribution in [0.1, 0.15) is 42.5 Å². The molecule has 0 bridgehead atoms. The Morgan fingerprint density at radius 1 is 1.30 bits per heavy atom. The van der Waals surface area contributed by atoms with Gasteiger partial charge in [-0.3, -0.25) is 9.59 Å². The first-order valence-electron chi connectivity index (χ1n) is 10.5. The Morgan fingerprint density at radius 2 is 2.03 bits per heavy atom. The second-order valence-corrected chi connectivity index (χ2v) is 8.41. The molecule has 3 rings (SSSR count). The Hall–Kier alpha value is -2.03. The molecule has 1 aromatic rings. The number of hydrogen-bond acceptors (Lipinski definition) is 6. The fraction of sp³-hybridized carbons (Fsp3) is 0.619. The van der Waals surface area contributed by atoms with Crippen LogP contribution in [-0.4, -0.2) is 78.7 Å². The SMILES string of the molecule is COc1cc(N)c(Cl)cc1C(=O)N[C@H]1CCN(CCCC(=O)N2CCCC2)C[C@@H]1O. The van der Waals surface area contributed by atoms with Crippen molar-refractivity contribution < 1.29 is 19.4 Å². The number of carbonyl (C=O) groups excluding carboxylic acids is 2. The highest BCUT2D eigenvalue weighted by Gasteiger charge is 2.30. The van der Waals surface area contributed by atoms with Crippen LogP contribution in [0.15, 0.2) is 12.1 Å². The van der Waals surface area contributed by atoms with Crippen molar-refractivity contribution in [2.24, 2.45) is 0 Å². The first kappa shape index (κ1) is 22.7. The summed E-state index contributed by atoms with van der Waals surface area (Å²) < 4.78 is 5.23. The first-order chi connectivity index (χ1) is 14.4. The van der Waals surface area contributed by atoms with Gasteiger partial charge in [-0.1, -0.05) is 11.6 Å². The van der Waals surface area contributed by atoms with E-state index < -0.39 is 6.10 Å². The smallest absolute Gasteiger partial charge is 0.255 e. The molecular weight excluding hydrogens is 408 g/mol. The third-order valence-corrected chi connectivity index (χ3v) is 6.20. The number of anilines is 1. The van der Waals surface area contributed by atoms with E-state index in [1.165, 1.54) is 19.2 Å². The van der Waals surface area contributed by atoms with Crippen LogP contribution in [0.2, 0.25) is 5.02 Å². The first-order valence-corrected chi connectivity index (χ1v) is 10.9. The van der Waals surface area contributed by atoms with Gasteiger partial charge < -0.3 is 30.7 Å². The van der Waals surface area contributed by atoms with Crippen molar-refractivity contribution in [3.05, 3.63) is 22.7 Å². The number of carbonyl (C=O) groups is 2. The van der Waals surface area contributed by atoms with Crippen LogP contribution in [0, 0.1) is 0 Å². The summed E-state index contributed by atoms with van der Waals surface area (Å²) in [5.41, 5.74) is 6.39. The van der Waals surface area contributed by atoms with Crippen LogP contribution in [0.4, 0.5) is 5.69 Å². The number of rotatable bonds is 7. The number of piperidine rings is 1. The zero-order valence-corrected chi connectivity index (χ0v) is 18.2. The average Bonchev–Trinajstić information content (AvgIpc) is 3.26. The summed E-state index contributed by atoms with van der Waals surface area (Å²) in [7, 11) is 1.46. The lowest BCUT2D eigenvalue weighted by molar-refractivity contribution is -0.130. The number of hydrogen-bond donors (Lipinski definition) is 3. The van der Waals surface area contributed by atoms with Gasteiger partial charge in [0.1, 0.15) is 5.75 Å². The van der Waals surface area contributed by atoms with Gasteiger partial charge >= 0.3 is 0 Å². The minimum absolute atomic E-state index is 0.228. The molecule has 0 unspecified atom stereocenters. The number of nitrogen functional groups attached to an aromatic ring is 1. The van der Waals surface area contributed by atoms with Gasteiger partial charge in [0.25, 0.3) is 5.91 Å². The Labute approximate surface area is 182 Å². The molecular formula is C21H31ClN4O4. The zero-order valence-electron chi connectivity index (χ0n) is 17.4. The fourth-order valence-corrected chi connectivity index (χ4v) is 4.27. The monoisotopic (exact) mass is 438 g/mol. The summed E-state index contributed by atoms with van der Waals surface area (Å²) in [6, 6.07) is 2.63. The van der Waals surface area contributed by atoms with Gasteiger partial charge in [-0.25, -0.2) is 0 Å². The number of benzene rings is 1. The molecule has 2 atom stereocenters. The summed E-state index contributed by atoms with van der Waals surface area (Å²) in [6.45, 7) is 3.74. The Kier molecular flexibility index (Phi) is 7.80. The van der Waals surface area contributed by atoms with Crippen LogP contribution in [-0.2, 0) is 4.79 Å². The predicted octanol–water partition coefficient (Wildman–Crippen LogP) is 1.50. The summed E-state index contributed by atoms with van der Waals surface area (Å²) >= 11 is 6.05. The molecule has 2 amide bonds. The molecule has 0 saturated carbocycles. The Morgan fingerprint density at radius 3 is 2.70 bits per heavy atom. The van der Waals surface area contributed by atoms with Gasteiger partial charge in [0.15, 0.2) is 0 Å². The van der Waals surface area contributed by atoms with E-state index in [0.717, 1.165) is 45.4 Å². The van der Waals surface area contributed by atoms with Crippen molar-refractivity contribution in [2.45, 2.75) is 44.2 Å². The molecule has 0 aliphatic carbocycles. The highest BCUT2D eigenvalue weighted by molar-refractivity contribution is 6.33. The number of amides is 2. The standard InChI is InChI=1S/C21H31ClN4O4/c1-30-19-12-16(23)15(22)11-14(19)21(29)24-17-6-10-25(13-18(17)27)7-4-5-20(28)26-8-2-3-9-26/h11-12,17-18,27H,2-10,13,23H2,1H3,(H,24,29)/t17-,18-/m0/s1. The van der Waals surface area contributed by atoms with E-state index in [4.69, 9.17) is 22.1 Å². The molecule has 1 aromatic carbocycles. The second-order valence-electron chi connectivity index (χ2n) is 8.00. The molecule has 2 saturated heterocycles. The highest BCUT2D eigenvalue weighted by atomic mass is 35.5. The molecule has 8 nitrogen and oxygen atoms in total. The topological polar surface area (TPSA) is 108 Å². The second kappa shape index (κ2) is 10.3. The maximum absolute atomic E-state index is 12.7. The van der Waals surface area contributed by atoms with Gasteiger partial charge in [0.2, 0.25) is 5.91 Å². The average molecular weight is 439 g/mol. The van der Waals surface area contributed by atoms with Gasteiger partial charge in [-0.15, -0.1) is 0 Å². The van der Waals surface area contributed by atoms with E-state index in [9.17, 15) is 14.7 Å². The molecule has 4 N–H and O–H groups in total. The van der Waals surface area contributed by atoms with E-state index >= 15 is 0 Å². The molecule has 0 spiro atoms. The third kappa shape index (κ3) is 5.56. The molecule has 2 heterocycles. The number of nitrogens with one attached hydrogen (secondary N) is 1. The summed E-state index contributed by atoms with van der Waals surface area (Å²) in [5, 5.41) is 13.7. The number of ether oxygens (including phenoxy) is 1. The number of halogens is 1. The molecule has 2 aliphatic rings. The molecule has 30 heavy (non-hydrogen) atoms. The quantitative estimate of drug-likeness (QED) is 0.557. The molecule has 0 radical (unpaired) electrons. The lowest BCUT2D eigenvalue weighted by atomic mass is 10.0. The highest BCUT2D eigenvalue weighted by Crippen LogP contribution is 2.29. The van der Waals surface area contributed by atoms with Crippen molar-refractivity contribution in [1.82, 2.24) is 15.1 Å². The third-order valence-electron chi connectivity index (χ3n) is 5.87. The van der Waals surface area contributed by atoms with Crippen LogP contribution in [0.25, 0.3) is 0 Å². The van der Waals surface area contributed by atoms with Gasteiger partial charge in [0.05, 0.1) is 35.5 Å². The van der Waals surface area contributed by atoms with Crippen LogP contribution >= 0.6 is 11.6 Å². The predicted molar refractivity (Wildman–Crippen MR) is 116 cm³/mol. The number of methoxy groups -OCH3 is 1. The molecule has 2 aliphatic heterocycles. The largest absolute Gasteiger partial charge is 0.496 e. The van der Waals surface area contributed by atoms with E-state index in [-0.39, 0.29) is 28.4 Å². The number of aliphatic hydroxyl groups is 1.